The van der Waals surface area contributed by atoms with Crippen LogP contribution in [0.25, 0.3) is 0 Å². The van der Waals surface area contributed by atoms with Crippen molar-refractivity contribution in [3.63, 3.8) is 0 Å². The van der Waals surface area contributed by atoms with Gasteiger partial charge in [0.15, 0.2) is 0 Å². The van der Waals surface area contributed by atoms with Gasteiger partial charge < -0.3 is 4.84 Å². The molecule has 0 saturated heterocycles. The SMILES string of the molecule is CCCCC/C=C\C/C=C\CCCCCCCCOn1cccc1. The summed E-state index contributed by atoms with van der Waals surface area (Å²) in [4.78, 5) is 5.57. The first kappa shape index (κ1) is 20.6. The smallest absolute Gasteiger partial charge is 0.115 e. The summed E-state index contributed by atoms with van der Waals surface area (Å²) in [5.74, 6) is 0. The zero-order valence-corrected chi connectivity index (χ0v) is 15.7. The molecule has 0 amide bonds. The van der Waals surface area contributed by atoms with Gasteiger partial charge in [0, 0.05) is 12.4 Å². The Morgan fingerprint density at radius 2 is 1.29 bits per heavy atom. The van der Waals surface area contributed by atoms with Crippen molar-refractivity contribution in [2.24, 2.45) is 0 Å². The molecule has 0 aliphatic carbocycles. The van der Waals surface area contributed by atoms with Gasteiger partial charge >= 0.3 is 0 Å². The molecule has 2 nitrogen and oxygen atoms in total. The van der Waals surface area contributed by atoms with Crippen LogP contribution in [0, 0.1) is 0 Å². The largest absolute Gasteiger partial charge is 0.414 e. The number of rotatable bonds is 16. The highest BCUT2D eigenvalue weighted by molar-refractivity contribution is 4.92. The minimum absolute atomic E-state index is 0.823. The summed E-state index contributed by atoms with van der Waals surface area (Å²) >= 11 is 0. The summed E-state index contributed by atoms with van der Waals surface area (Å²) in [7, 11) is 0. The number of hydrogen-bond acceptors (Lipinski definition) is 1. The van der Waals surface area contributed by atoms with Crippen LogP contribution < -0.4 is 4.84 Å². The summed E-state index contributed by atoms with van der Waals surface area (Å²) in [5, 5.41) is 0. The first-order valence-corrected chi connectivity index (χ1v) is 9.99. The Kier molecular flexibility index (Phi) is 14.1. The normalized spacial score (nSPS) is 11.7. The second kappa shape index (κ2) is 16.4. The molecule has 0 atom stereocenters. The lowest BCUT2D eigenvalue weighted by molar-refractivity contribution is 0.107. The maximum absolute atomic E-state index is 5.57. The molecule has 1 heterocycles. The molecule has 2 heteroatoms. The molecule has 0 fully saturated rings. The fraction of sp³-hybridized carbons (Fsp3) is 0.636. The average molecular weight is 332 g/mol. The summed E-state index contributed by atoms with van der Waals surface area (Å²) in [6.07, 6.45) is 28.6. The lowest BCUT2D eigenvalue weighted by atomic mass is 10.1. The van der Waals surface area contributed by atoms with E-state index in [9.17, 15) is 0 Å². The molecule has 136 valence electrons. The van der Waals surface area contributed by atoms with E-state index in [-0.39, 0.29) is 0 Å². The van der Waals surface area contributed by atoms with Gasteiger partial charge in [0.25, 0.3) is 0 Å². The Balaban J connectivity index is 1.76. The lowest BCUT2D eigenvalue weighted by Crippen LogP contribution is -2.10. The van der Waals surface area contributed by atoms with Crippen LogP contribution in [0.15, 0.2) is 48.8 Å². The molecule has 0 spiro atoms. The van der Waals surface area contributed by atoms with E-state index in [0.717, 1.165) is 19.4 Å². The molecular weight excluding hydrogens is 294 g/mol. The van der Waals surface area contributed by atoms with Crippen molar-refractivity contribution >= 4 is 0 Å². The van der Waals surface area contributed by atoms with E-state index in [2.05, 4.69) is 31.2 Å². The van der Waals surface area contributed by atoms with Gasteiger partial charge in [-0.2, -0.15) is 4.73 Å². The fourth-order valence-corrected chi connectivity index (χ4v) is 2.67. The summed E-state index contributed by atoms with van der Waals surface area (Å²) in [6, 6.07) is 3.97. The van der Waals surface area contributed by atoms with Gasteiger partial charge in [0.1, 0.15) is 6.61 Å². The third-order valence-electron chi connectivity index (χ3n) is 4.16. The number of aromatic nitrogens is 1. The predicted octanol–water partition coefficient (Wildman–Crippen LogP) is 6.73. The molecule has 0 unspecified atom stereocenters. The van der Waals surface area contributed by atoms with E-state index < -0.39 is 0 Å². The summed E-state index contributed by atoms with van der Waals surface area (Å²) in [6.45, 7) is 3.08. The molecule has 0 aromatic carbocycles. The van der Waals surface area contributed by atoms with Gasteiger partial charge in [-0.25, -0.2) is 0 Å². The highest BCUT2D eigenvalue weighted by Gasteiger charge is 1.92. The van der Waals surface area contributed by atoms with Crippen LogP contribution in [0.5, 0.6) is 0 Å². The first-order chi connectivity index (χ1) is 11.9. The van der Waals surface area contributed by atoms with E-state index >= 15 is 0 Å². The third kappa shape index (κ3) is 13.0. The quantitative estimate of drug-likeness (QED) is 0.242. The Labute approximate surface area is 149 Å². The molecule has 0 radical (unpaired) electrons. The summed E-state index contributed by atoms with van der Waals surface area (Å²) < 4.78 is 1.78. The summed E-state index contributed by atoms with van der Waals surface area (Å²) in [5.41, 5.74) is 0. The topological polar surface area (TPSA) is 14.2 Å². The van der Waals surface area contributed by atoms with Crippen LogP contribution in [0.2, 0.25) is 0 Å². The van der Waals surface area contributed by atoms with Crippen molar-refractivity contribution in [2.45, 2.75) is 84.0 Å². The maximum Gasteiger partial charge on any atom is 0.115 e. The van der Waals surface area contributed by atoms with E-state index in [1.807, 2.05) is 24.5 Å². The second-order valence-corrected chi connectivity index (χ2v) is 6.46. The number of hydrogen-bond donors (Lipinski definition) is 0. The van der Waals surface area contributed by atoms with Crippen molar-refractivity contribution in [2.75, 3.05) is 6.61 Å². The molecule has 24 heavy (non-hydrogen) atoms. The molecule has 1 rings (SSSR count). The third-order valence-corrected chi connectivity index (χ3v) is 4.16. The molecule has 0 saturated carbocycles. The van der Waals surface area contributed by atoms with Crippen LogP contribution in [-0.2, 0) is 0 Å². The predicted molar refractivity (Wildman–Crippen MR) is 105 cm³/mol. The van der Waals surface area contributed by atoms with Crippen LogP contribution in [0.4, 0.5) is 0 Å². The van der Waals surface area contributed by atoms with E-state index in [1.54, 1.807) is 4.73 Å². The van der Waals surface area contributed by atoms with Gasteiger partial charge in [-0.15, -0.1) is 0 Å². The van der Waals surface area contributed by atoms with Crippen LogP contribution in [0.3, 0.4) is 0 Å². The second-order valence-electron chi connectivity index (χ2n) is 6.46. The molecule has 0 N–H and O–H groups in total. The number of unbranched alkanes of at least 4 members (excludes halogenated alkanes) is 9. The van der Waals surface area contributed by atoms with Gasteiger partial charge in [0.05, 0.1) is 0 Å². The Bertz CT molecular complexity index is 406. The standard InChI is InChI=1S/C22H37NO/c1-2-3-4-5-6-7-8-9-10-11-12-13-14-15-16-19-22-24-23-20-17-18-21-23/h6-7,9-10,17-18,20-21H,2-5,8,11-16,19,22H2,1H3/b7-6-,10-9-. The van der Waals surface area contributed by atoms with Crippen molar-refractivity contribution in [1.29, 1.82) is 0 Å². The number of allylic oxidation sites excluding steroid dienone is 4. The number of nitrogens with zero attached hydrogens (tertiary/aromatic N) is 1. The molecule has 0 aliphatic heterocycles. The zero-order valence-electron chi connectivity index (χ0n) is 15.7. The van der Waals surface area contributed by atoms with Crippen molar-refractivity contribution in [1.82, 2.24) is 4.73 Å². The highest BCUT2D eigenvalue weighted by Crippen LogP contribution is 2.08. The highest BCUT2D eigenvalue weighted by atomic mass is 16.7. The van der Waals surface area contributed by atoms with E-state index in [4.69, 9.17) is 4.84 Å². The monoisotopic (exact) mass is 331 g/mol. The van der Waals surface area contributed by atoms with E-state index in [0.29, 0.717) is 0 Å². The Morgan fingerprint density at radius 1 is 0.708 bits per heavy atom. The van der Waals surface area contributed by atoms with Crippen LogP contribution in [-0.4, -0.2) is 11.3 Å². The van der Waals surface area contributed by atoms with Crippen molar-refractivity contribution in [3.8, 4) is 0 Å². The van der Waals surface area contributed by atoms with Gasteiger partial charge in [-0.3, -0.25) is 0 Å². The van der Waals surface area contributed by atoms with Gasteiger partial charge in [-0.05, 0) is 57.1 Å². The molecule has 0 aliphatic rings. The Hall–Kier alpha value is -1.44. The van der Waals surface area contributed by atoms with Crippen LogP contribution in [0.1, 0.15) is 84.0 Å². The van der Waals surface area contributed by atoms with Crippen molar-refractivity contribution < 1.29 is 4.84 Å². The van der Waals surface area contributed by atoms with Gasteiger partial charge in [0.2, 0.25) is 0 Å². The first-order valence-electron chi connectivity index (χ1n) is 9.99. The maximum atomic E-state index is 5.57. The molecule has 1 aromatic rings. The zero-order chi connectivity index (χ0) is 17.1. The molecular formula is C22H37NO. The Morgan fingerprint density at radius 3 is 1.96 bits per heavy atom. The van der Waals surface area contributed by atoms with Crippen molar-refractivity contribution in [3.05, 3.63) is 48.8 Å². The minimum Gasteiger partial charge on any atom is -0.414 e. The fourth-order valence-electron chi connectivity index (χ4n) is 2.67. The lowest BCUT2D eigenvalue weighted by Gasteiger charge is -2.05. The minimum atomic E-state index is 0.823. The molecule has 0 bridgehead atoms. The van der Waals surface area contributed by atoms with E-state index in [1.165, 1.54) is 64.2 Å². The van der Waals surface area contributed by atoms with Crippen LogP contribution >= 0.6 is 0 Å². The molecule has 1 aromatic heterocycles. The van der Waals surface area contributed by atoms with Gasteiger partial charge in [-0.1, -0.05) is 63.3 Å². The average Bonchev–Trinajstić information content (AvgIpc) is 3.11.